The molecule has 2 aromatic carbocycles. The van der Waals surface area contributed by atoms with Crippen LogP contribution in [0.4, 0.5) is 10.1 Å². The molecule has 0 aliphatic carbocycles. The van der Waals surface area contributed by atoms with Crippen molar-refractivity contribution in [3.05, 3.63) is 70.5 Å². The van der Waals surface area contributed by atoms with Crippen molar-refractivity contribution in [2.24, 2.45) is 0 Å². The minimum Gasteiger partial charge on any atom is -0.383 e. The lowest BCUT2D eigenvalue weighted by Crippen LogP contribution is -2.19. The van der Waals surface area contributed by atoms with Crippen LogP contribution in [-0.4, -0.2) is 13.9 Å². The van der Waals surface area contributed by atoms with Crippen molar-refractivity contribution in [1.29, 1.82) is 5.39 Å². The van der Waals surface area contributed by atoms with E-state index in [1.54, 1.807) is 0 Å². The highest BCUT2D eigenvalue weighted by molar-refractivity contribution is 6.37. The van der Waals surface area contributed by atoms with Crippen LogP contribution in [0.3, 0.4) is 0 Å². The lowest BCUT2D eigenvalue weighted by atomic mass is 10.1. The molecule has 0 aromatic heterocycles. The highest BCUT2D eigenvalue weighted by Crippen LogP contribution is 2.26. The first kappa shape index (κ1) is 14.7. The van der Waals surface area contributed by atoms with Gasteiger partial charge in [-0.2, -0.15) is 0 Å². The van der Waals surface area contributed by atoms with Crippen LogP contribution in [0, 0.1) is 11.2 Å². The van der Waals surface area contributed by atoms with Crippen LogP contribution in [0.5, 0.6) is 0 Å². The first-order valence-electron chi connectivity index (χ1n) is 6.83. The van der Waals surface area contributed by atoms with Gasteiger partial charge in [-0.1, -0.05) is 30.3 Å². The van der Waals surface area contributed by atoms with E-state index in [0.29, 0.717) is 12.2 Å². The fraction of sp³-hybridized carbons (Fsp3) is 0.200. The molecule has 1 saturated heterocycles. The zero-order valence-corrected chi connectivity index (χ0v) is 11.7. The summed E-state index contributed by atoms with van der Waals surface area (Å²) in [5, 5.41) is 8.88. The summed E-state index contributed by atoms with van der Waals surface area (Å²) in [7, 11) is -0.833. The van der Waals surface area contributed by atoms with Gasteiger partial charge < -0.3 is 14.0 Å². The molecule has 1 unspecified atom stereocenters. The molecule has 0 saturated carbocycles. The standard InChI is InChI=1S/C15H13BFN2O3/c17-13-6-7-14(19-18)12(8-13)9-20-16-21-10-15(22-16)11-4-2-1-3-5-11/h1-8,15H,9-10H2/q+1. The molecule has 0 N–H and O–H groups in total. The van der Waals surface area contributed by atoms with Crippen molar-refractivity contribution in [3.63, 3.8) is 0 Å². The van der Waals surface area contributed by atoms with E-state index in [9.17, 15) is 4.39 Å². The Morgan fingerprint density at radius 2 is 2.09 bits per heavy atom. The Morgan fingerprint density at radius 3 is 2.86 bits per heavy atom. The van der Waals surface area contributed by atoms with Crippen LogP contribution in [-0.2, 0) is 20.6 Å². The predicted octanol–water partition coefficient (Wildman–Crippen LogP) is 3.60. The van der Waals surface area contributed by atoms with Crippen LogP contribution >= 0.6 is 0 Å². The predicted molar refractivity (Wildman–Crippen MR) is 77.9 cm³/mol. The summed E-state index contributed by atoms with van der Waals surface area (Å²) < 4.78 is 29.7. The largest absolute Gasteiger partial charge is 0.640 e. The van der Waals surface area contributed by atoms with Crippen molar-refractivity contribution < 1.29 is 18.4 Å². The monoisotopic (exact) mass is 299 g/mol. The number of hydrogen-bond acceptors (Lipinski definition) is 4. The van der Waals surface area contributed by atoms with E-state index in [1.807, 2.05) is 30.3 Å². The Morgan fingerprint density at radius 1 is 1.27 bits per heavy atom. The summed E-state index contributed by atoms with van der Waals surface area (Å²) in [4.78, 5) is 3.09. The zero-order valence-electron chi connectivity index (χ0n) is 11.7. The van der Waals surface area contributed by atoms with Crippen LogP contribution in [0.2, 0.25) is 0 Å². The molecule has 1 aliphatic rings. The minimum absolute atomic E-state index is 0.0172. The number of halogens is 1. The van der Waals surface area contributed by atoms with E-state index in [-0.39, 0.29) is 18.4 Å². The van der Waals surface area contributed by atoms with Gasteiger partial charge in [-0.3, -0.25) is 0 Å². The molecule has 5 nitrogen and oxygen atoms in total. The molecule has 1 aliphatic heterocycles. The van der Waals surface area contributed by atoms with E-state index in [2.05, 4.69) is 4.98 Å². The summed E-state index contributed by atoms with van der Waals surface area (Å²) in [5.41, 5.74) is 1.67. The second kappa shape index (κ2) is 6.66. The molecular weight excluding hydrogens is 286 g/mol. The third-order valence-electron chi connectivity index (χ3n) is 3.35. The molecule has 2 aromatic rings. The molecule has 0 spiro atoms. The molecule has 3 rings (SSSR count). The first-order chi connectivity index (χ1) is 10.8. The molecule has 0 amide bonds. The van der Waals surface area contributed by atoms with Gasteiger partial charge in [0.2, 0.25) is 5.39 Å². The third-order valence-corrected chi connectivity index (χ3v) is 3.35. The van der Waals surface area contributed by atoms with Crippen molar-refractivity contribution in [2.75, 3.05) is 6.61 Å². The van der Waals surface area contributed by atoms with Crippen LogP contribution in [0.1, 0.15) is 17.2 Å². The van der Waals surface area contributed by atoms with Gasteiger partial charge in [0, 0.05) is 6.07 Å². The van der Waals surface area contributed by atoms with Crippen molar-refractivity contribution in [3.8, 4) is 0 Å². The Bertz CT molecular complexity index is 693. The molecule has 0 bridgehead atoms. The number of rotatable bonds is 4. The normalized spacial score (nSPS) is 17.5. The molecule has 1 fully saturated rings. The fourth-order valence-corrected chi connectivity index (χ4v) is 2.23. The van der Waals surface area contributed by atoms with Gasteiger partial charge in [-0.25, -0.2) is 4.39 Å². The third kappa shape index (κ3) is 3.31. The maximum atomic E-state index is 13.2. The Labute approximate surface area is 127 Å². The Kier molecular flexibility index (Phi) is 4.44. The Hall–Kier alpha value is -2.27. The van der Waals surface area contributed by atoms with Crippen molar-refractivity contribution >= 4 is 13.0 Å². The number of nitrogens with zero attached hydrogens (tertiary/aromatic N) is 2. The summed E-state index contributed by atoms with van der Waals surface area (Å²) >= 11 is 0. The zero-order chi connectivity index (χ0) is 15.4. The van der Waals surface area contributed by atoms with Crippen molar-refractivity contribution in [1.82, 2.24) is 0 Å². The number of diazo groups is 1. The van der Waals surface area contributed by atoms with E-state index in [0.717, 1.165) is 5.56 Å². The average molecular weight is 299 g/mol. The smallest absolute Gasteiger partial charge is 0.383 e. The van der Waals surface area contributed by atoms with Crippen LogP contribution in [0.15, 0.2) is 48.5 Å². The average Bonchev–Trinajstić information content (AvgIpc) is 3.03. The van der Waals surface area contributed by atoms with E-state index >= 15 is 0 Å². The second-order valence-electron chi connectivity index (χ2n) is 4.84. The number of benzene rings is 2. The van der Waals surface area contributed by atoms with E-state index < -0.39 is 13.1 Å². The summed E-state index contributed by atoms with van der Waals surface area (Å²) in [6.07, 6.45) is -0.194. The summed E-state index contributed by atoms with van der Waals surface area (Å²) in [6, 6.07) is 13.5. The van der Waals surface area contributed by atoms with E-state index in [1.165, 1.54) is 18.2 Å². The summed E-state index contributed by atoms with van der Waals surface area (Å²) in [6.45, 7) is 0.401. The lowest BCUT2D eigenvalue weighted by Gasteiger charge is -2.09. The first-order valence-corrected chi connectivity index (χ1v) is 6.83. The molecular formula is C15H13BFN2O3+. The highest BCUT2D eigenvalue weighted by atomic mass is 19.1. The van der Waals surface area contributed by atoms with Gasteiger partial charge in [0.15, 0.2) is 4.98 Å². The highest BCUT2D eigenvalue weighted by Gasteiger charge is 2.35. The van der Waals surface area contributed by atoms with Gasteiger partial charge in [-0.15, -0.1) is 0 Å². The van der Waals surface area contributed by atoms with Crippen molar-refractivity contribution in [2.45, 2.75) is 12.7 Å². The Balaban J connectivity index is 1.60. The molecule has 7 heteroatoms. The number of hydrogen-bond donors (Lipinski definition) is 0. The van der Waals surface area contributed by atoms with Gasteiger partial charge in [-0.05, 0) is 17.7 Å². The molecule has 1 atom stereocenters. The maximum Gasteiger partial charge on any atom is 0.640 e. The SMILES string of the molecule is N#[N+]c1ccc(F)cc1COB1OCC(c2ccccc2)O1. The summed E-state index contributed by atoms with van der Waals surface area (Å²) in [5.74, 6) is -0.429. The van der Waals surface area contributed by atoms with E-state index in [4.69, 9.17) is 19.4 Å². The van der Waals surface area contributed by atoms with Crippen LogP contribution in [0.25, 0.3) is 4.98 Å². The van der Waals surface area contributed by atoms with Crippen LogP contribution < -0.4 is 0 Å². The van der Waals surface area contributed by atoms with Gasteiger partial charge in [0.25, 0.3) is 0 Å². The quantitative estimate of drug-likeness (QED) is 0.639. The topological polar surface area (TPSA) is 55.8 Å². The molecule has 22 heavy (non-hydrogen) atoms. The molecule has 1 heterocycles. The van der Waals surface area contributed by atoms with Gasteiger partial charge in [0.05, 0.1) is 24.9 Å². The fourth-order valence-electron chi connectivity index (χ4n) is 2.23. The molecule has 110 valence electrons. The molecule has 0 radical (unpaired) electrons. The lowest BCUT2D eigenvalue weighted by molar-refractivity contribution is 0.154. The van der Waals surface area contributed by atoms with Gasteiger partial charge >= 0.3 is 13.0 Å². The second-order valence-corrected chi connectivity index (χ2v) is 4.84. The van der Waals surface area contributed by atoms with Gasteiger partial charge in [0.1, 0.15) is 5.82 Å². The maximum absolute atomic E-state index is 13.2. The minimum atomic E-state index is -0.833.